The molecule has 162 valence electrons. The summed E-state index contributed by atoms with van der Waals surface area (Å²) in [6.45, 7) is 3.42. The predicted octanol–water partition coefficient (Wildman–Crippen LogP) is 4.56. The van der Waals surface area contributed by atoms with E-state index in [-0.39, 0.29) is 28.6 Å². The highest BCUT2D eigenvalue weighted by Gasteiger charge is 2.37. The van der Waals surface area contributed by atoms with Crippen LogP contribution in [0.2, 0.25) is 0 Å². The van der Waals surface area contributed by atoms with E-state index < -0.39 is 33.9 Å². The highest BCUT2D eigenvalue weighted by Crippen LogP contribution is 2.43. The van der Waals surface area contributed by atoms with Crippen LogP contribution < -0.4 is 9.04 Å². The van der Waals surface area contributed by atoms with Crippen LogP contribution in [0.1, 0.15) is 25.6 Å². The third-order valence-electron chi connectivity index (χ3n) is 4.92. The van der Waals surface area contributed by atoms with Gasteiger partial charge in [-0.25, -0.2) is 22.0 Å². The first kappa shape index (κ1) is 20.9. The Hall–Kier alpha value is -3.40. The van der Waals surface area contributed by atoms with Gasteiger partial charge < -0.3 is 14.0 Å². The number of rotatable bonds is 4. The number of anilines is 1. The molecule has 1 aliphatic heterocycles. The zero-order valence-corrected chi connectivity index (χ0v) is 17.4. The first-order valence-electron chi connectivity index (χ1n) is 9.39. The summed E-state index contributed by atoms with van der Waals surface area (Å²) in [5.41, 5.74) is 0.828. The Balaban J connectivity index is 1.77. The fourth-order valence-electron chi connectivity index (χ4n) is 3.55. The zero-order valence-electron chi connectivity index (χ0n) is 16.6. The molecule has 1 atom stereocenters. The van der Waals surface area contributed by atoms with Gasteiger partial charge in [0.05, 0.1) is 28.9 Å². The highest BCUT2D eigenvalue weighted by atomic mass is 32.2. The predicted molar refractivity (Wildman–Crippen MR) is 108 cm³/mol. The van der Waals surface area contributed by atoms with E-state index in [4.69, 9.17) is 4.74 Å². The lowest BCUT2D eigenvalue weighted by molar-refractivity contribution is 0.104. The Morgan fingerprint density at radius 1 is 1.06 bits per heavy atom. The molecule has 31 heavy (non-hydrogen) atoms. The summed E-state index contributed by atoms with van der Waals surface area (Å²) in [7, 11) is -4.17. The minimum absolute atomic E-state index is 0.0157. The molecule has 10 heteroatoms. The fourth-order valence-corrected chi connectivity index (χ4v) is 5.19. The number of hydrogen-bond acceptors (Lipinski definition) is 5. The number of fused-ring (bicyclic) bond motifs is 3. The second kappa shape index (κ2) is 7.69. The van der Waals surface area contributed by atoms with Crippen LogP contribution in [0.3, 0.4) is 0 Å². The molecule has 1 aromatic heterocycles. The number of halogens is 2. The molecule has 0 fully saturated rings. The van der Waals surface area contributed by atoms with E-state index >= 15 is 0 Å². The molecule has 0 spiro atoms. The molecule has 0 saturated heterocycles. The minimum Gasteiger partial charge on any atom is -0.434 e. The van der Waals surface area contributed by atoms with Gasteiger partial charge >= 0.3 is 6.16 Å². The number of carbonyl (C=O) groups is 1. The van der Waals surface area contributed by atoms with Crippen LogP contribution in [0.15, 0.2) is 59.6 Å². The second-order valence-electron chi connectivity index (χ2n) is 6.79. The summed E-state index contributed by atoms with van der Waals surface area (Å²) >= 11 is 0. The standard InChI is InChI=1S/C21H18F2N2O5S/c1-3-29-21(26)30-14-6-8-15(9-7-14)31(27,28)25-13(2)18-5-4-10-24(18)19-11-16(22)17(23)12-20(19)25/h4-13H,3H2,1-2H3. The molecule has 0 amide bonds. The topological polar surface area (TPSA) is 77.8 Å². The first-order chi connectivity index (χ1) is 14.7. The van der Waals surface area contributed by atoms with Crippen molar-refractivity contribution in [1.82, 2.24) is 4.57 Å². The third-order valence-corrected chi connectivity index (χ3v) is 6.82. The van der Waals surface area contributed by atoms with Gasteiger partial charge in [-0.2, -0.15) is 0 Å². The van der Waals surface area contributed by atoms with Crippen molar-refractivity contribution in [2.45, 2.75) is 24.8 Å². The molecule has 7 nitrogen and oxygen atoms in total. The van der Waals surface area contributed by atoms with Crippen molar-refractivity contribution in [1.29, 1.82) is 0 Å². The molecular weight excluding hydrogens is 430 g/mol. The van der Waals surface area contributed by atoms with Crippen molar-refractivity contribution in [3.8, 4) is 11.4 Å². The fraction of sp³-hybridized carbons (Fsp3) is 0.190. The molecule has 0 N–H and O–H groups in total. The van der Waals surface area contributed by atoms with Crippen LogP contribution in [-0.2, 0) is 14.8 Å². The van der Waals surface area contributed by atoms with Gasteiger partial charge in [0.1, 0.15) is 5.75 Å². The number of hydrogen-bond donors (Lipinski definition) is 0. The van der Waals surface area contributed by atoms with Crippen LogP contribution in [0, 0.1) is 11.6 Å². The number of carbonyl (C=O) groups excluding carboxylic acids is 1. The zero-order chi connectivity index (χ0) is 22.3. The van der Waals surface area contributed by atoms with E-state index in [1.54, 1.807) is 36.7 Å². The van der Waals surface area contributed by atoms with Crippen molar-refractivity contribution in [2.75, 3.05) is 10.9 Å². The minimum atomic E-state index is -4.17. The van der Waals surface area contributed by atoms with Crippen molar-refractivity contribution in [3.05, 3.63) is 72.1 Å². The van der Waals surface area contributed by atoms with Crippen LogP contribution in [0.5, 0.6) is 5.75 Å². The summed E-state index contributed by atoms with van der Waals surface area (Å²) < 4.78 is 67.3. The van der Waals surface area contributed by atoms with Crippen LogP contribution in [0.25, 0.3) is 5.69 Å². The molecule has 0 aliphatic carbocycles. The second-order valence-corrected chi connectivity index (χ2v) is 8.61. The van der Waals surface area contributed by atoms with Crippen molar-refractivity contribution < 1.29 is 31.5 Å². The maximum atomic E-state index is 14.1. The Bertz CT molecular complexity index is 1260. The van der Waals surface area contributed by atoms with E-state index in [1.165, 1.54) is 24.3 Å². The Morgan fingerprint density at radius 2 is 1.71 bits per heavy atom. The quantitative estimate of drug-likeness (QED) is 0.432. The van der Waals surface area contributed by atoms with E-state index in [0.717, 1.165) is 16.4 Å². The maximum Gasteiger partial charge on any atom is 0.513 e. The van der Waals surface area contributed by atoms with Crippen LogP contribution in [-0.4, -0.2) is 25.7 Å². The lowest BCUT2D eigenvalue weighted by Crippen LogP contribution is -2.38. The highest BCUT2D eigenvalue weighted by molar-refractivity contribution is 7.92. The van der Waals surface area contributed by atoms with E-state index in [1.807, 2.05) is 0 Å². The van der Waals surface area contributed by atoms with E-state index in [9.17, 15) is 22.0 Å². The molecule has 1 unspecified atom stereocenters. The van der Waals surface area contributed by atoms with Gasteiger partial charge in [0.25, 0.3) is 10.0 Å². The Labute approximate surface area is 177 Å². The van der Waals surface area contributed by atoms with Gasteiger partial charge in [0.2, 0.25) is 0 Å². The van der Waals surface area contributed by atoms with Crippen molar-refractivity contribution in [3.63, 3.8) is 0 Å². The third kappa shape index (κ3) is 3.52. The van der Waals surface area contributed by atoms with Gasteiger partial charge in [-0.15, -0.1) is 0 Å². The molecule has 0 bridgehead atoms. The number of ether oxygens (including phenoxy) is 2. The Kier molecular flexibility index (Phi) is 5.18. The molecule has 1 aliphatic rings. The van der Waals surface area contributed by atoms with E-state index in [2.05, 4.69) is 4.74 Å². The molecular formula is C21H18F2N2O5S. The van der Waals surface area contributed by atoms with E-state index in [0.29, 0.717) is 5.69 Å². The first-order valence-corrected chi connectivity index (χ1v) is 10.8. The smallest absolute Gasteiger partial charge is 0.434 e. The summed E-state index contributed by atoms with van der Waals surface area (Å²) in [6.07, 6.45) is 0.753. The monoisotopic (exact) mass is 448 g/mol. The number of sulfonamides is 1. The average Bonchev–Trinajstić information content (AvgIpc) is 3.21. The number of aromatic nitrogens is 1. The summed E-state index contributed by atoms with van der Waals surface area (Å²) in [6, 6.07) is 9.74. The van der Waals surface area contributed by atoms with Gasteiger partial charge in [0.15, 0.2) is 11.6 Å². The molecule has 2 aromatic carbocycles. The Morgan fingerprint density at radius 3 is 2.35 bits per heavy atom. The SMILES string of the molecule is CCOC(=O)Oc1ccc(S(=O)(=O)N2c3cc(F)c(F)cc3-n3cccc3C2C)cc1. The molecule has 2 heterocycles. The largest absolute Gasteiger partial charge is 0.513 e. The summed E-state index contributed by atoms with van der Waals surface area (Å²) in [5.74, 6) is -2.13. The molecule has 0 saturated carbocycles. The van der Waals surface area contributed by atoms with Gasteiger partial charge in [-0.1, -0.05) is 0 Å². The van der Waals surface area contributed by atoms with Crippen LogP contribution in [0.4, 0.5) is 19.3 Å². The average molecular weight is 448 g/mol. The molecule has 4 rings (SSSR count). The van der Waals surface area contributed by atoms with Gasteiger partial charge in [0, 0.05) is 24.0 Å². The summed E-state index contributed by atoms with van der Waals surface area (Å²) in [5, 5.41) is 0. The maximum absolute atomic E-state index is 14.1. The number of nitrogens with zero attached hydrogens (tertiary/aromatic N) is 2. The van der Waals surface area contributed by atoms with Crippen molar-refractivity contribution >= 4 is 21.9 Å². The molecule has 3 aromatic rings. The van der Waals surface area contributed by atoms with Crippen molar-refractivity contribution in [2.24, 2.45) is 0 Å². The summed E-state index contributed by atoms with van der Waals surface area (Å²) in [4.78, 5) is 11.3. The normalized spacial score (nSPS) is 15.2. The lowest BCUT2D eigenvalue weighted by atomic mass is 10.1. The molecule has 0 radical (unpaired) electrons. The number of benzene rings is 2. The van der Waals surface area contributed by atoms with Gasteiger partial charge in [-0.3, -0.25) is 4.31 Å². The lowest BCUT2D eigenvalue weighted by Gasteiger charge is -2.37. The van der Waals surface area contributed by atoms with Gasteiger partial charge in [-0.05, 0) is 50.2 Å². The van der Waals surface area contributed by atoms with Crippen LogP contribution >= 0.6 is 0 Å².